The van der Waals surface area contributed by atoms with E-state index in [0.717, 1.165) is 74.1 Å². The number of hydrogen-bond donors (Lipinski definition) is 2. The molecule has 4 heterocycles. The topological polar surface area (TPSA) is 150 Å². The van der Waals surface area contributed by atoms with Crippen molar-refractivity contribution in [2.45, 2.75) is 56.5 Å². The van der Waals surface area contributed by atoms with Crippen molar-refractivity contribution in [1.29, 1.82) is 5.26 Å². The number of ether oxygens (including phenoxy) is 3. The number of hydrogen-bond acceptors (Lipinski definition) is 10. The van der Waals surface area contributed by atoms with Crippen LogP contribution in [0.5, 0.6) is 17.2 Å². The fourth-order valence-corrected chi connectivity index (χ4v) is 9.31. The lowest BCUT2D eigenvalue weighted by atomic mass is 9.72. The van der Waals surface area contributed by atoms with E-state index in [4.69, 9.17) is 25.8 Å². The van der Waals surface area contributed by atoms with Crippen LogP contribution < -0.4 is 19.1 Å². The summed E-state index contributed by atoms with van der Waals surface area (Å²) >= 11 is 6.24. The number of H-pyrrole nitrogens is 1. The number of fused-ring (bicyclic) bond motifs is 1. The zero-order valence-electron chi connectivity index (χ0n) is 34.2. The molecule has 0 spiro atoms. The quantitative estimate of drug-likeness (QED) is 0.125. The summed E-state index contributed by atoms with van der Waals surface area (Å²) < 4.78 is 61.8. The number of nitrogens with zero attached hydrogens (tertiary/aromatic N) is 4. The van der Waals surface area contributed by atoms with E-state index in [2.05, 4.69) is 50.5 Å². The minimum Gasteiger partial charge on any atom is -0.489 e. The second-order valence-electron chi connectivity index (χ2n) is 16.8. The van der Waals surface area contributed by atoms with Crippen LogP contribution in [0.25, 0.3) is 16.6 Å². The predicted molar refractivity (Wildman–Crippen MR) is 232 cm³/mol. The van der Waals surface area contributed by atoms with Crippen LogP contribution in [0.15, 0.2) is 95.7 Å². The number of sulfonamides is 1. The molecule has 2 fully saturated rings. The van der Waals surface area contributed by atoms with E-state index in [1.54, 1.807) is 30.5 Å². The lowest BCUT2D eigenvalue weighted by Crippen LogP contribution is -2.47. The molecule has 2 aliphatic heterocycles. The van der Waals surface area contributed by atoms with Crippen LogP contribution in [0, 0.1) is 16.7 Å². The van der Waals surface area contributed by atoms with Crippen molar-refractivity contribution in [3.05, 3.63) is 112 Å². The Bertz CT molecular complexity index is 2610. The number of aromatic nitrogens is 2. The highest BCUT2D eigenvalue weighted by atomic mass is 35.5. The maximum atomic E-state index is 15.2. The fraction of sp³-hybridized carbons (Fsp3) is 0.370. The molecule has 3 aliphatic rings. The van der Waals surface area contributed by atoms with Gasteiger partial charge < -0.3 is 24.1 Å². The molecule has 2 saturated heterocycles. The molecule has 1 amide bonds. The number of allylic oxidation sites excluding steroid dienone is 1. The minimum atomic E-state index is -4.49. The Kier molecular flexibility index (Phi) is 12.1. The molecule has 0 unspecified atom stereocenters. The molecule has 1 aliphatic carbocycles. The van der Waals surface area contributed by atoms with Crippen molar-refractivity contribution in [1.82, 2.24) is 19.6 Å². The second-order valence-corrected chi connectivity index (χ2v) is 18.9. The number of alkyl halides is 1. The van der Waals surface area contributed by atoms with Crippen molar-refractivity contribution >= 4 is 49.8 Å². The summed E-state index contributed by atoms with van der Waals surface area (Å²) in [6, 6.07) is 22.4. The summed E-state index contributed by atoms with van der Waals surface area (Å²) in [5, 5.41) is 11.4. The molecule has 0 atom stereocenters. The first-order valence-corrected chi connectivity index (χ1v) is 22.3. The number of nitriles is 1. The fourth-order valence-electron chi connectivity index (χ4n) is 8.19. The average Bonchev–Trinajstić information content (AvgIpc) is 3.72. The van der Waals surface area contributed by atoms with Gasteiger partial charge in [-0.3, -0.25) is 9.69 Å². The van der Waals surface area contributed by atoms with Gasteiger partial charge in [0.15, 0.2) is 0 Å². The van der Waals surface area contributed by atoms with Crippen LogP contribution in [-0.4, -0.2) is 87.4 Å². The Morgan fingerprint density at radius 1 is 1.00 bits per heavy atom. The van der Waals surface area contributed by atoms with Gasteiger partial charge in [0, 0.05) is 87.1 Å². The maximum absolute atomic E-state index is 15.2. The van der Waals surface area contributed by atoms with Crippen molar-refractivity contribution in [3.63, 3.8) is 0 Å². The molecule has 15 heteroatoms. The first kappa shape index (κ1) is 42.2. The summed E-state index contributed by atoms with van der Waals surface area (Å²) in [6.45, 7) is 8.87. The minimum absolute atomic E-state index is 0.0211. The van der Waals surface area contributed by atoms with Gasteiger partial charge in [0.1, 0.15) is 41.2 Å². The third-order valence-corrected chi connectivity index (χ3v) is 13.4. The molecule has 61 heavy (non-hydrogen) atoms. The van der Waals surface area contributed by atoms with Crippen LogP contribution >= 0.6 is 11.6 Å². The van der Waals surface area contributed by atoms with Crippen LogP contribution in [0.3, 0.4) is 0 Å². The number of pyridine rings is 1. The molecule has 12 nitrogen and oxygen atoms in total. The molecule has 2 aromatic heterocycles. The average molecular weight is 867 g/mol. The van der Waals surface area contributed by atoms with Gasteiger partial charge >= 0.3 is 0 Å². The van der Waals surface area contributed by atoms with Crippen molar-refractivity contribution in [3.8, 4) is 23.3 Å². The van der Waals surface area contributed by atoms with Crippen LogP contribution in [-0.2, 0) is 14.8 Å². The summed E-state index contributed by atoms with van der Waals surface area (Å²) in [5.41, 5.74) is 4.06. The first-order valence-electron chi connectivity index (χ1n) is 20.5. The van der Waals surface area contributed by atoms with Crippen LogP contribution in [0.1, 0.15) is 67.4 Å². The van der Waals surface area contributed by atoms with Crippen LogP contribution in [0.4, 0.5) is 10.1 Å². The lowest BCUT2D eigenvalue weighted by molar-refractivity contribution is -0.0324. The molecule has 0 saturated carbocycles. The molecule has 5 aromatic rings. The van der Waals surface area contributed by atoms with Gasteiger partial charge in [0.05, 0.1) is 22.2 Å². The number of benzene rings is 3. The zero-order chi connectivity index (χ0) is 42.8. The smallest absolute Gasteiger partial charge is 0.268 e. The number of carbonyl (C=O) groups excluding carboxylic acids is 1. The van der Waals surface area contributed by atoms with E-state index in [1.807, 2.05) is 24.3 Å². The normalized spacial score (nSPS) is 18.1. The SMILES string of the molecule is CC1(C)CCC(CN2CCN(c3ccc(C(=O)NS(=O)(=O)c4ccc(OCC5(F)CCOCC5)c(C#N)c4)c(Oc4cnc5[nH]ccc5c4)c3)CC2)=C(c2ccc(Cl)cc2)C1. The van der Waals surface area contributed by atoms with Crippen molar-refractivity contribution in [2.24, 2.45) is 5.41 Å². The largest absolute Gasteiger partial charge is 0.489 e. The molecular weight excluding hydrogens is 819 g/mol. The first-order chi connectivity index (χ1) is 29.3. The summed E-state index contributed by atoms with van der Waals surface area (Å²) in [6.07, 6.45) is 6.79. The maximum Gasteiger partial charge on any atom is 0.268 e. The Morgan fingerprint density at radius 3 is 2.52 bits per heavy atom. The van der Waals surface area contributed by atoms with Gasteiger partial charge in [-0.15, -0.1) is 0 Å². The molecule has 8 rings (SSSR count). The summed E-state index contributed by atoms with van der Waals surface area (Å²) in [5.74, 6) is -0.396. The second kappa shape index (κ2) is 17.5. The van der Waals surface area contributed by atoms with Gasteiger partial charge in [0.2, 0.25) is 0 Å². The van der Waals surface area contributed by atoms with Gasteiger partial charge in [0.25, 0.3) is 15.9 Å². The lowest BCUT2D eigenvalue weighted by Gasteiger charge is -2.39. The third-order valence-electron chi connectivity index (χ3n) is 11.8. The third kappa shape index (κ3) is 9.86. The number of halogens is 2. The number of piperazine rings is 1. The molecule has 3 aromatic carbocycles. The highest BCUT2D eigenvalue weighted by Gasteiger charge is 2.34. The number of amides is 1. The van der Waals surface area contributed by atoms with Crippen molar-refractivity contribution in [2.75, 3.05) is 57.4 Å². The molecule has 0 radical (unpaired) electrons. The Balaban J connectivity index is 0.997. The van der Waals surface area contributed by atoms with Crippen molar-refractivity contribution < 1.29 is 31.8 Å². The Labute approximate surface area is 360 Å². The van der Waals surface area contributed by atoms with Crippen LogP contribution in [0.2, 0.25) is 5.02 Å². The van der Waals surface area contributed by atoms with Gasteiger partial charge in [-0.05, 0) is 90.4 Å². The number of carbonyl (C=O) groups is 1. The van der Waals surface area contributed by atoms with E-state index in [-0.39, 0.29) is 65.6 Å². The number of nitrogens with one attached hydrogen (secondary N) is 2. The standard InChI is InChI=1S/C46H48ClFN6O6S/c1-45(2)13-11-33(40(26-45)31-3-5-35(47)6-4-31)29-53-17-19-54(20-18-53)36-7-9-39(42(25-36)60-37-23-32-12-16-50-43(32)51-28-37)44(55)52-61(56,57)38-8-10-41(34(24-38)27-49)59-30-46(48)14-21-58-22-15-46/h3-10,12,16,23-25,28H,11,13-15,17-22,26,29-30H2,1-2H3,(H,50,51)(H,52,55). The number of aromatic amines is 1. The Hall–Kier alpha value is -5.46. The predicted octanol–water partition coefficient (Wildman–Crippen LogP) is 8.68. The monoisotopic (exact) mass is 866 g/mol. The Morgan fingerprint density at radius 2 is 1.77 bits per heavy atom. The molecule has 0 bridgehead atoms. The van der Waals surface area contributed by atoms with Gasteiger partial charge in [-0.2, -0.15) is 5.26 Å². The molecule has 2 N–H and O–H groups in total. The highest BCUT2D eigenvalue weighted by molar-refractivity contribution is 7.90. The number of anilines is 1. The van der Waals surface area contributed by atoms with E-state index in [0.29, 0.717) is 11.4 Å². The molecular formula is C46H48ClFN6O6S. The van der Waals surface area contributed by atoms with E-state index in [1.165, 1.54) is 35.0 Å². The summed E-state index contributed by atoms with van der Waals surface area (Å²) in [4.78, 5) is 25.7. The zero-order valence-corrected chi connectivity index (χ0v) is 35.8. The van der Waals surface area contributed by atoms with Gasteiger partial charge in [-0.25, -0.2) is 22.5 Å². The van der Waals surface area contributed by atoms with E-state index in [9.17, 15) is 18.5 Å². The summed E-state index contributed by atoms with van der Waals surface area (Å²) in [7, 11) is -4.49. The van der Waals surface area contributed by atoms with Gasteiger partial charge in [-0.1, -0.05) is 43.2 Å². The van der Waals surface area contributed by atoms with E-state index >= 15 is 4.39 Å². The number of rotatable bonds is 12. The highest BCUT2D eigenvalue weighted by Crippen LogP contribution is 2.43. The van der Waals surface area contributed by atoms with E-state index < -0.39 is 21.6 Å². The molecule has 318 valence electrons.